The third-order valence-corrected chi connectivity index (χ3v) is 3.71. The number of hydrogen-bond acceptors (Lipinski definition) is 2. The van der Waals surface area contributed by atoms with Crippen molar-refractivity contribution in [2.45, 2.75) is 46.6 Å². The van der Waals surface area contributed by atoms with Crippen LogP contribution in [-0.4, -0.2) is 31.6 Å². The zero-order valence-corrected chi connectivity index (χ0v) is 15.0. The minimum absolute atomic E-state index is 0.349. The van der Waals surface area contributed by atoms with Gasteiger partial charge in [0.2, 0.25) is 0 Å². The molecule has 1 aromatic rings. The highest BCUT2D eigenvalue weighted by Gasteiger charge is 2.16. The lowest BCUT2D eigenvalue weighted by atomic mass is 9.96. The fraction of sp³-hybridized carbons (Fsp3) is 0.667. The first-order valence-electron chi connectivity index (χ1n) is 7.99. The van der Waals surface area contributed by atoms with Gasteiger partial charge in [0.25, 0.3) is 0 Å². The SMILES string of the molecule is CCCNC(CCN(C)CC(C)(C)C)c1ccc(Cl)cc1. The van der Waals surface area contributed by atoms with Gasteiger partial charge in [0.05, 0.1) is 0 Å². The van der Waals surface area contributed by atoms with E-state index in [2.05, 4.69) is 57.1 Å². The first kappa shape index (κ1) is 18.5. The molecule has 0 radical (unpaired) electrons. The molecule has 0 spiro atoms. The van der Waals surface area contributed by atoms with E-state index in [9.17, 15) is 0 Å². The van der Waals surface area contributed by atoms with Crippen LogP contribution < -0.4 is 5.32 Å². The molecule has 21 heavy (non-hydrogen) atoms. The van der Waals surface area contributed by atoms with Crippen LogP contribution in [0.15, 0.2) is 24.3 Å². The van der Waals surface area contributed by atoms with Crippen LogP contribution in [0.5, 0.6) is 0 Å². The minimum Gasteiger partial charge on any atom is -0.310 e. The van der Waals surface area contributed by atoms with Gasteiger partial charge in [-0.25, -0.2) is 0 Å². The number of rotatable bonds is 8. The summed E-state index contributed by atoms with van der Waals surface area (Å²) in [4.78, 5) is 2.43. The summed E-state index contributed by atoms with van der Waals surface area (Å²) in [7, 11) is 2.21. The summed E-state index contributed by atoms with van der Waals surface area (Å²) >= 11 is 5.99. The van der Waals surface area contributed by atoms with Crippen LogP contribution in [0.1, 0.15) is 52.1 Å². The van der Waals surface area contributed by atoms with E-state index in [-0.39, 0.29) is 0 Å². The molecule has 0 aromatic heterocycles. The van der Waals surface area contributed by atoms with Crippen LogP contribution in [0.4, 0.5) is 0 Å². The van der Waals surface area contributed by atoms with Gasteiger partial charge in [0.1, 0.15) is 0 Å². The summed E-state index contributed by atoms with van der Waals surface area (Å²) in [6, 6.07) is 8.65. The van der Waals surface area contributed by atoms with E-state index < -0.39 is 0 Å². The van der Waals surface area contributed by atoms with Gasteiger partial charge in [-0.15, -0.1) is 0 Å². The van der Waals surface area contributed by atoms with E-state index in [1.165, 1.54) is 5.56 Å². The summed E-state index contributed by atoms with van der Waals surface area (Å²) in [5, 5.41) is 4.46. The Balaban J connectivity index is 2.60. The molecule has 1 unspecified atom stereocenters. The highest BCUT2D eigenvalue weighted by atomic mass is 35.5. The maximum atomic E-state index is 5.99. The highest BCUT2D eigenvalue weighted by Crippen LogP contribution is 2.21. The molecule has 2 nitrogen and oxygen atoms in total. The lowest BCUT2D eigenvalue weighted by Gasteiger charge is -2.28. The first-order valence-corrected chi connectivity index (χ1v) is 8.37. The Kier molecular flexibility index (Phi) is 7.72. The van der Waals surface area contributed by atoms with Gasteiger partial charge in [-0.05, 0) is 56.1 Å². The summed E-state index contributed by atoms with van der Waals surface area (Å²) < 4.78 is 0. The second kappa shape index (κ2) is 8.77. The van der Waals surface area contributed by atoms with E-state index in [0.717, 1.165) is 37.5 Å². The second-order valence-electron chi connectivity index (χ2n) is 7.15. The number of nitrogens with zero attached hydrogens (tertiary/aromatic N) is 1. The number of hydrogen-bond donors (Lipinski definition) is 1. The zero-order valence-electron chi connectivity index (χ0n) is 14.2. The Morgan fingerprint density at radius 1 is 1.19 bits per heavy atom. The molecular formula is C18H31ClN2. The summed E-state index contributed by atoms with van der Waals surface area (Å²) in [6.45, 7) is 12.3. The van der Waals surface area contributed by atoms with Gasteiger partial charge in [0, 0.05) is 17.6 Å². The van der Waals surface area contributed by atoms with Crippen LogP contribution in [0.25, 0.3) is 0 Å². The number of benzene rings is 1. The first-order chi connectivity index (χ1) is 9.81. The maximum absolute atomic E-state index is 5.99. The van der Waals surface area contributed by atoms with E-state index in [1.807, 2.05) is 12.1 Å². The van der Waals surface area contributed by atoms with Crippen molar-refractivity contribution in [1.82, 2.24) is 10.2 Å². The Morgan fingerprint density at radius 2 is 1.81 bits per heavy atom. The monoisotopic (exact) mass is 310 g/mol. The van der Waals surface area contributed by atoms with Crippen molar-refractivity contribution in [1.29, 1.82) is 0 Å². The normalized spacial score (nSPS) is 13.7. The van der Waals surface area contributed by atoms with E-state index in [4.69, 9.17) is 11.6 Å². The van der Waals surface area contributed by atoms with E-state index in [1.54, 1.807) is 0 Å². The van der Waals surface area contributed by atoms with Gasteiger partial charge in [0.15, 0.2) is 0 Å². The number of nitrogens with one attached hydrogen (secondary N) is 1. The molecule has 0 bridgehead atoms. The number of halogens is 1. The molecule has 0 saturated heterocycles. The van der Waals surface area contributed by atoms with Gasteiger partial charge in [-0.2, -0.15) is 0 Å². The molecule has 1 aromatic carbocycles. The molecule has 0 heterocycles. The molecule has 0 amide bonds. The Morgan fingerprint density at radius 3 is 2.33 bits per heavy atom. The quantitative estimate of drug-likeness (QED) is 0.745. The summed E-state index contributed by atoms with van der Waals surface area (Å²) in [5.74, 6) is 0. The van der Waals surface area contributed by atoms with Crippen molar-refractivity contribution in [3.05, 3.63) is 34.9 Å². The lowest BCUT2D eigenvalue weighted by Crippen LogP contribution is -2.32. The van der Waals surface area contributed by atoms with Gasteiger partial charge >= 0.3 is 0 Å². The average Bonchev–Trinajstić information content (AvgIpc) is 2.38. The van der Waals surface area contributed by atoms with Crippen molar-refractivity contribution >= 4 is 11.6 Å². The molecule has 1 atom stereocenters. The summed E-state index contributed by atoms with van der Waals surface area (Å²) in [5.41, 5.74) is 1.68. The molecule has 0 aliphatic rings. The fourth-order valence-electron chi connectivity index (χ4n) is 2.64. The molecule has 120 valence electrons. The molecule has 3 heteroatoms. The Hall–Kier alpha value is -0.570. The van der Waals surface area contributed by atoms with Crippen molar-refractivity contribution in [3.8, 4) is 0 Å². The molecular weight excluding hydrogens is 280 g/mol. The van der Waals surface area contributed by atoms with Crippen molar-refractivity contribution in [3.63, 3.8) is 0 Å². The topological polar surface area (TPSA) is 15.3 Å². The average molecular weight is 311 g/mol. The largest absolute Gasteiger partial charge is 0.310 e. The summed E-state index contributed by atoms with van der Waals surface area (Å²) in [6.07, 6.45) is 2.27. The van der Waals surface area contributed by atoms with E-state index in [0.29, 0.717) is 11.5 Å². The van der Waals surface area contributed by atoms with Crippen molar-refractivity contribution in [2.24, 2.45) is 5.41 Å². The molecule has 1 N–H and O–H groups in total. The molecule has 0 aliphatic carbocycles. The molecule has 1 rings (SSSR count). The fourth-order valence-corrected chi connectivity index (χ4v) is 2.76. The smallest absolute Gasteiger partial charge is 0.0406 e. The predicted molar refractivity (Wildman–Crippen MR) is 94.1 cm³/mol. The van der Waals surface area contributed by atoms with Crippen LogP contribution in [0.3, 0.4) is 0 Å². The van der Waals surface area contributed by atoms with Crippen LogP contribution in [0.2, 0.25) is 5.02 Å². The predicted octanol–water partition coefficient (Wildman–Crippen LogP) is 4.75. The molecule has 0 saturated carbocycles. The van der Waals surface area contributed by atoms with Gasteiger partial charge in [-0.1, -0.05) is 51.4 Å². The lowest BCUT2D eigenvalue weighted by molar-refractivity contribution is 0.217. The third-order valence-electron chi connectivity index (χ3n) is 3.46. The Labute approximate surface area is 135 Å². The molecule has 0 fully saturated rings. The maximum Gasteiger partial charge on any atom is 0.0406 e. The minimum atomic E-state index is 0.349. The van der Waals surface area contributed by atoms with Gasteiger partial charge in [-0.3, -0.25) is 0 Å². The molecule has 0 aliphatic heterocycles. The Bertz CT molecular complexity index is 395. The standard InChI is InChI=1S/C18H31ClN2/c1-6-12-20-17(15-7-9-16(19)10-8-15)11-13-21(5)14-18(2,3)4/h7-10,17,20H,6,11-14H2,1-5H3. The van der Waals surface area contributed by atoms with Crippen LogP contribution in [0, 0.1) is 5.41 Å². The highest BCUT2D eigenvalue weighted by molar-refractivity contribution is 6.30. The van der Waals surface area contributed by atoms with Crippen LogP contribution >= 0.6 is 11.6 Å². The van der Waals surface area contributed by atoms with E-state index >= 15 is 0 Å². The zero-order chi connectivity index (χ0) is 15.9. The third kappa shape index (κ3) is 7.85. The van der Waals surface area contributed by atoms with Crippen LogP contribution in [-0.2, 0) is 0 Å². The van der Waals surface area contributed by atoms with Gasteiger partial charge < -0.3 is 10.2 Å². The van der Waals surface area contributed by atoms with Crippen molar-refractivity contribution in [2.75, 3.05) is 26.7 Å². The second-order valence-corrected chi connectivity index (χ2v) is 7.58. The van der Waals surface area contributed by atoms with Crippen molar-refractivity contribution < 1.29 is 0 Å².